The lowest BCUT2D eigenvalue weighted by atomic mass is 9.81. The monoisotopic (exact) mass is 287 g/mol. The van der Waals surface area contributed by atoms with Crippen molar-refractivity contribution in [2.75, 3.05) is 30.9 Å². The Balaban J connectivity index is 1.91. The molecule has 0 spiro atoms. The third-order valence-corrected chi connectivity index (χ3v) is 5.36. The number of benzene rings is 1. The Bertz CT molecular complexity index is 483. The molecular formula is C18H29N3. The van der Waals surface area contributed by atoms with Gasteiger partial charge in [-0.25, -0.2) is 0 Å². The summed E-state index contributed by atoms with van der Waals surface area (Å²) in [6.45, 7) is 2.20. The van der Waals surface area contributed by atoms with Crippen molar-refractivity contribution in [3.05, 3.63) is 23.8 Å². The highest BCUT2D eigenvalue weighted by Crippen LogP contribution is 2.39. The zero-order valence-corrected chi connectivity index (χ0v) is 13.9. The van der Waals surface area contributed by atoms with Gasteiger partial charge in [-0.15, -0.1) is 0 Å². The van der Waals surface area contributed by atoms with Gasteiger partial charge in [-0.3, -0.25) is 0 Å². The number of rotatable bonds is 3. The topological polar surface area (TPSA) is 18.5 Å². The van der Waals surface area contributed by atoms with Gasteiger partial charge in [-0.1, -0.05) is 6.07 Å². The Morgan fingerprint density at radius 1 is 1.14 bits per heavy atom. The molecule has 1 N–H and O–H groups in total. The first-order valence-corrected chi connectivity index (χ1v) is 8.33. The van der Waals surface area contributed by atoms with Gasteiger partial charge < -0.3 is 15.1 Å². The van der Waals surface area contributed by atoms with Crippen molar-refractivity contribution >= 4 is 11.4 Å². The van der Waals surface area contributed by atoms with Crippen LogP contribution in [0.4, 0.5) is 11.4 Å². The van der Waals surface area contributed by atoms with Gasteiger partial charge in [-0.05, 0) is 63.8 Å². The van der Waals surface area contributed by atoms with Crippen molar-refractivity contribution in [2.45, 2.75) is 57.2 Å². The van der Waals surface area contributed by atoms with Crippen molar-refractivity contribution in [1.29, 1.82) is 0 Å². The van der Waals surface area contributed by atoms with Crippen LogP contribution < -0.4 is 15.1 Å². The first-order chi connectivity index (χ1) is 10.1. The number of nitrogens with zero attached hydrogens (tertiary/aromatic N) is 2. The van der Waals surface area contributed by atoms with E-state index in [1.54, 1.807) is 0 Å². The molecule has 0 saturated carbocycles. The Kier molecular flexibility index (Phi) is 4.12. The van der Waals surface area contributed by atoms with Crippen LogP contribution >= 0.6 is 0 Å². The molecule has 2 saturated heterocycles. The van der Waals surface area contributed by atoms with E-state index in [1.165, 1.54) is 49.0 Å². The second kappa shape index (κ2) is 5.88. The highest BCUT2D eigenvalue weighted by Gasteiger charge is 2.37. The fraction of sp³-hybridized carbons (Fsp3) is 0.667. The SMILES string of the molecule is CNC1CC2CCCC(C1)N2c1ccc(C)c(N(C)C)c1. The van der Waals surface area contributed by atoms with E-state index in [2.05, 4.69) is 61.4 Å². The highest BCUT2D eigenvalue weighted by atomic mass is 15.2. The van der Waals surface area contributed by atoms with Crippen LogP contribution in [0.2, 0.25) is 0 Å². The van der Waals surface area contributed by atoms with Gasteiger partial charge in [0.05, 0.1) is 0 Å². The van der Waals surface area contributed by atoms with Crippen molar-refractivity contribution in [3.8, 4) is 0 Å². The standard InChI is InChI=1S/C18H29N3/c1-13-8-9-17(12-18(13)20(3)4)21-15-6-5-7-16(21)11-14(10-15)19-2/h8-9,12,14-16,19H,5-7,10-11H2,1-4H3. The van der Waals surface area contributed by atoms with Crippen molar-refractivity contribution in [2.24, 2.45) is 0 Å². The predicted octanol–water partition coefficient (Wildman–Crippen LogP) is 3.17. The molecule has 0 aromatic heterocycles. The van der Waals surface area contributed by atoms with Crippen molar-refractivity contribution in [3.63, 3.8) is 0 Å². The van der Waals surface area contributed by atoms with E-state index < -0.39 is 0 Å². The summed E-state index contributed by atoms with van der Waals surface area (Å²) in [4.78, 5) is 4.96. The summed E-state index contributed by atoms with van der Waals surface area (Å²) in [6.07, 6.45) is 6.67. The van der Waals surface area contributed by atoms with E-state index in [4.69, 9.17) is 0 Å². The van der Waals surface area contributed by atoms with Crippen LogP contribution in [0.5, 0.6) is 0 Å². The molecule has 3 nitrogen and oxygen atoms in total. The Morgan fingerprint density at radius 3 is 2.38 bits per heavy atom. The van der Waals surface area contributed by atoms with E-state index in [-0.39, 0.29) is 0 Å². The second-order valence-electron chi connectivity index (χ2n) is 6.97. The summed E-state index contributed by atoms with van der Waals surface area (Å²) in [5.74, 6) is 0. The molecule has 21 heavy (non-hydrogen) atoms. The van der Waals surface area contributed by atoms with Gasteiger partial charge in [0.2, 0.25) is 0 Å². The van der Waals surface area contributed by atoms with Gasteiger partial charge in [0.15, 0.2) is 0 Å². The summed E-state index contributed by atoms with van der Waals surface area (Å²) < 4.78 is 0. The summed E-state index contributed by atoms with van der Waals surface area (Å²) in [5.41, 5.74) is 4.13. The lowest BCUT2D eigenvalue weighted by Crippen LogP contribution is -2.56. The minimum absolute atomic E-state index is 0.704. The van der Waals surface area contributed by atoms with Gasteiger partial charge in [0.25, 0.3) is 0 Å². The van der Waals surface area contributed by atoms with E-state index in [0.717, 1.165) is 0 Å². The van der Waals surface area contributed by atoms with Gasteiger partial charge in [-0.2, -0.15) is 0 Å². The maximum absolute atomic E-state index is 3.51. The molecule has 2 unspecified atom stereocenters. The Hall–Kier alpha value is -1.22. The van der Waals surface area contributed by atoms with Gasteiger partial charge in [0, 0.05) is 43.6 Å². The van der Waals surface area contributed by atoms with E-state index in [9.17, 15) is 0 Å². The lowest BCUT2D eigenvalue weighted by Gasteiger charge is -2.50. The molecule has 3 heteroatoms. The fourth-order valence-corrected chi connectivity index (χ4v) is 4.28. The predicted molar refractivity (Wildman–Crippen MR) is 91.5 cm³/mol. The number of piperidine rings is 2. The molecule has 0 amide bonds. The van der Waals surface area contributed by atoms with Gasteiger partial charge in [0.1, 0.15) is 0 Å². The van der Waals surface area contributed by atoms with Crippen LogP contribution in [-0.2, 0) is 0 Å². The summed E-state index contributed by atoms with van der Waals surface area (Å²) in [6, 6.07) is 9.13. The molecule has 0 aliphatic carbocycles. The van der Waals surface area contributed by atoms with Crippen molar-refractivity contribution < 1.29 is 0 Å². The number of anilines is 2. The molecule has 0 radical (unpaired) electrons. The van der Waals surface area contributed by atoms with Crippen LogP contribution in [0.25, 0.3) is 0 Å². The lowest BCUT2D eigenvalue weighted by molar-refractivity contribution is 0.252. The Labute approximate surface area is 129 Å². The minimum atomic E-state index is 0.704. The molecule has 2 atom stereocenters. The quantitative estimate of drug-likeness (QED) is 0.921. The maximum atomic E-state index is 3.51. The fourth-order valence-electron chi connectivity index (χ4n) is 4.28. The molecule has 1 aromatic rings. The number of hydrogen-bond acceptors (Lipinski definition) is 3. The molecule has 116 valence electrons. The molecule has 2 aliphatic heterocycles. The number of nitrogens with one attached hydrogen (secondary N) is 1. The van der Waals surface area contributed by atoms with Crippen LogP contribution in [0, 0.1) is 6.92 Å². The molecule has 2 aliphatic rings. The normalized spacial score (nSPS) is 28.6. The molecule has 3 rings (SSSR count). The zero-order chi connectivity index (χ0) is 15.0. The average molecular weight is 287 g/mol. The number of fused-ring (bicyclic) bond motifs is 2. The molecule has 1 aromatic carbocycles. The molecule has 2 bridgehead atoms. The summed E-state index contributed by atoms with van der Waals surface area (Å²) in [5, 5.41) is 3.51. The van der Waals surface area contributed by atoms with Gasteiger partial charge >= 0.3 is 0 Å². The first-order valence-electron chi connectivity index (χ1n) is 8.33. The van der Waals surface area contributed by atoms with E-state index in [1.807, 2.05) is 0 Å². The summed E-state index contributed by atoms with van der Waals surface area (Å²) >= 11 is 0. The second-order valence-corrected chi connectivity index (χ2v) is 6.97. The van der Waals surface area contributed by atoms with E-state index in [0.29, 0.717) is 18.1 Å². The first kappa shape index (κ1) is 14.7. The molecular weight excluding hydrogens is 258 g/mol. The number of hydrogen-bond donors (Lipinski definition) is 1. The minimum Gasteiger partial charge on any atom is -0.377 e. The molecule has 2 heterocycles. The molecule has 2 fully saturated rings. The van der Waals surface area contributed by atoms with Crippen molar-refractivity contribution in [1.82, 2.24) is 5.32 Å². The third kappa shape index (κ3) is 2.76. The number of aryl methyl sites for hydroxylation is 1. The van der Waals surface area contributed by atoms with Crippen LogP contribution in [-0.4, -0.2) is 39.3 Å². The smallest absolute Gasteiger partial charge is 0.0411 e. The maximum Gasteiger partial charge on any atom is 0.0411 e. The third-order valence-electron chi connectivity index (χ3n) is 5.36. The summed E-state index contributed by atoms with van der Waals surface area (Å²) in [7, 11) is 6.40. The van der Waals surface area contributed by atoms with Crippen LogP contribution in [0.3, 0.4) is 0 Å². The van der Waals surface area contributed by atoms with Crippen LogP contribution in [0.15, 0.2) is 18.2 Å². The van der Waals surface area contributed by atoms with Crippen LogP contribution in [0.1, 0.15) is 37.7 Å². The largest absolute Gasteiger partial charge is 0.377 e. The average Bonchev–Trinajstić information content (AvgIpc) is 2.46. The highest BCUT2D eigenvalue weighted by molar-refractivity contribution is 5.64. The Morgan fingerprint density at radius 2 is 1.81 bits per heavy atom. The zero-order valence-electron chi connectivity index (χ0n) is 13.9. The van der Waals surface area contributed by atoms with E-state index >= 15 is 0 Å².